The van der Waals surface area contributed by atoms with Crippen molar-refractivity contribution in [1.82, 2.24) is 0 Å². The number of fused-ring (bicyclic) bond motifs is 5. The van der Waals surface area contributed by atoms with E-state index in [9.17, 15) is 15.6 Å². The normalized spacial score (nSPS) is 43.2. The molecule has 4 aliphatic carbocycles. The quantitative estimate of drug-likeness (QED) is 0.432. The third kappa shape index (κ3) is 4.18. The first kappa shape index (κ1) is 24.8. The number of hydrogen-bond acceptors (Lipinski definition) is 3. The molecule has 182 valence electrons. The van der Waals surface area contributed by atoms with Gasteiger partial charge >= 0.3 is 0 Å². The van der Waals surface area contributed by atoms with Gasteiger partial charge in [-0.2, -0.15) is 10.5 Å². The van der Waals surface area contributed by atoms with Crippen molar-refractivity contribution < 1.29 is 5.11 Å². The van der Waals surface area contributed by atoms with Gasteiger partial charge < -0.3 is 5.11 Å². The number of allylic oxidation sites excluding steroid dienone is 1. The lowest BCUT2D eigenvalue weighted by molar-refractivity contribution is -0.0787. The number of aliphatic hydroxyl groups excluding tert-OH is 1. The van der Waals surface area contributed by atoms with E-state index in [1.807, 2.05) is 0 Å². The minimum absolute atomic E-state index is 0.0259. The molecule has 0 aromatic carbocycles. The highest BCUT2D eigenvalue weighted by Gasteiger charge is 2.61. The summed E-state index contributed by atoms with van der Waals surface area (Å²) in [5.74, 6) is 3.36. The zero-order valence-electron chi connectivity index (χ0n) is 21.7. The fraction of sp³-hybridized carbons (Fsp3) is 0.867. The third-order valence-electron chi connectivity index (χ3n) is 11.0. The Hall–Kier alpha value is -1.32. The molecule has 0 spiro atoms. The lowest BCUT2D eigenvalue weighted by atomic mass is 9.44. The topological polar surface area (TPSA) is 67.8 Å². The summed E-state index contributed by atoms with van der Waals surface area (Å²) in [5, 5.41) is 30.3. The van der Waals surface area contributed by atoms with Crippen LogP contribution in [0, 0.1) is 80.8 Å². The van der Waals surface area contributed by atoms with Crippen molar-refractivity contribution in [3.05, 3.63) is 11.6 Å². The van der Waals surface area contributed by atoms with Gasteiger partial charge in [0.1, 0.15) is 5.92 Å². The molecule has 9 atom stereocenters. The fourth-order valence-electron chi connectivity index (χ4n) is 9.26. The van der Waals surface area contributed by atoms with E-state index in [0.29, 0.717) is 23.2 Å². The summed E-state index contributed by atoms with van der Waals surface area (Å²) >= 11 is 0. The van der Waals surface area contributed by atoms with E-state index in [1.54, 1.807) is 0 Å². The zero-order chi connectivity index (χ0) is 24.0. The van der Waals surface area contributed by atoms with Crippen molar-refractivity contribution in [3.8, 4) is 12.1 Å². The summed E-state index contributed by atoms with van der Waals surface area (Å²) in [6.45, 7) is 12.2. The van der Waals surface area contributed by atoms with Crippen molar-refractivity contribution >= 4 is 0 Å². The molecule has 33 heavy (non-hydrogen) atoms. The molecule has 0 amide bonds. The molecule has 0 unspecified atom stereocenters. The molecule has 4 rings (SSSR count). The SMILES string of the molecule is CC(C)CCC[C@@H](C)[C@H]1CC[C@H]2[C@@H]3[C@H](C(C#N)C#N)C=C4C[C@@H](O)CC[C@]4(C)[C@H]3CC[C@]12C. The Labute approximate surface area is 202 Å². The summed E-state index contributed by atoms with van der Waals surface area (Å²) in [5.41, 5.74) is 1.82. The van der Waals surface area contributed by atoms with E-state index < -0.39 is 5.92 Å². The number of nitriles is 2. The van der Waals surface area contributed by atoms with Gasteiger partial charge in [-0.25, -0.2) is 0 Å². The predicted octanol–water partition coefficient (Wildman–Crippen LogP) is 7.28. The molecule has 0 aromatic rings. The van der Waals surface area contributed by atoms with Gasteiger partial charge in [0.25, 0.3) is 0 Å². The Morgan fingerprint density at radius 3 is 2.39 bits per heavy atom. The molecule has 0 heterocycles. The van der Waals surface area contributed by atoms with Crippen LogP contribution in [0.2, 0.25) is 0 Å². The van der Waals surface area contributed by atoms with E-state index in [4.69, 9.17) is 0 Å². The van der Waals surface area contributed by atoms with Crippen molar-refractivity contribution in [2.24, 2.45) is 58.2 Å². The number of aliphatic hydroxyl groups is 1. The second-order valence-corrected chi connectivity index (χ2v) is 13.1. The minimum Gasteiger partial charge on any atom is -0.393 e. The highest BCUT2D eigenvalue weighted by Crippen LogP contribution is 2.68. The molecule has 3 fully saturated rings. The average molecular weight is 451 g/mol. The van der Waals surface area contributed by atoms with Crippen LogP contribution >= 0.6 is 0 Å². The zero-order valence-corrected chi connectivity index (χ0v) is 21.7. The number of hydrogen-bond donors (Lipinski definition) is 1. The molecule has 0 aliphatic heterocycles. The Kier molecular flexibility index (Phi) is 7.05. The standard InChI is InChI=1S/C30H46N2O/c1-19(2)7-6-8-20(3)25-9-10-26-28-24(21(17-31)18-32)16-22-15-23(33)11-13-29(22,4)27(28)12-14-30(25,26)5/h16,19-21,23-28,33H,6-15H2,1-5H3/t20-,23+,24+,25-,26+,27+,28+,29+,30-/m1/s1. The molecular weight excluding hydrogens is 404 g/mol. The van der Waals surface area contributed by atoms with Crippen LogP contribution in [0.3, 0.4) is 0 Å². The first-order valence-electron chi connectivity index (χ1n) is 13.8. The molecular formula is C30H46N2O. The van der Waals surface area contributed by atoms with Gasteiger partial charge in [0.2, 0.25) is 0 Å². The Morgan fingerprint density at radius 1 is 1.00 bits per heavy atom. The first-order valence-corrected chi connectivity index (χ1v) is 13.8. The summed E-state index contributed by atoms with van der Waals surface area (Å²) in [6, 6.07) is 4.74. The van der Waals surface area contributed by atoms with Gasteiger partial charge in [0.05, 0.1) is 18.2 Å². The molecule has 0 bridgehead atoms. The van der Waals surface area contributed by atoms with Crippen LogP contribution in [0.1, 0.15) is 98.8 Å². The molecule has 1 N–H and O–H groups in total. The predicted molar refractivity (Wildman–Crippen MR) is 133 cm³/mol. The van der Waals surface area contributed by atoms with Crippen LogP contribution in [-0.4, -0.2) is 11.2 Å². The van der Waals surface area contributed by atoms with Gasteiger partial charge in [-0.1, -0.05) is 65.5 Å². The fourth-order valence-corrected chi connectivity index (χ4v) is 9.26. The summed E-state index contributed by atoms with van der Waals surface area (Å²) in [4.78, 5) is 0. The van der Waals surface area contributed by atoms with Crippen LogP contribution in [-0.2, 0) is 0 Å². The lowest BCUT2D eigenvalue weighted by Crippen LogP contribution is -2.54. The number of rotatable bonds is 6. The van der Waals surface area contributed by atoms with Gasteiger partial charge in [-0.15, -0.1) is 0 Å². The van der Waals surface area contributed by atoms with E-state index in [2.05, 4.69) is 52.8 Å². The van der Waals surface area contributed by atoms with Gasteiger partial charge in [0, 0.05) is 5.92 Å². The largest absolute Gasteiger partial charge is 0.393 e. The van der Waals surface area contributed by atoms with E-state index in [-0.39, 0.29) is 17.4 Å². The van der Waals surface area contributed by atoms with E-state index in [1.165, 1.54) is 50.5 Å². The van der Waals surface area contributed by atoms with Crippen molar-refractivity contribution in [1.29, 1.82) is 10.5 Å². The van der Waals surface area contributed by atoms with Crippen molar-refractivity contribution in [2.75, 3.05) is 0 Å². The maximum Gasteiger partial charge on any atom is 0.139 e. The first-order chi connectivity index (χ1) is 15.7. The number of nitrogens with zero attached hydrogens (tertiary/aromatic N) is 2. The molecule has 0 saturated heterocycles. The Bertz CT molecular complexity index is 819. The van der Waals surface area contributed by atoms with Crippen LogP contribution in [0.4, 0.5) is 0 Å². The van der Waals surface area contributed by atoms with Crippen LogP contribution in [0.25, 0.3) is 0 Å². The maximum atomic E-state index is 10.4. The highest BCUT2D eigenvalue weighted by molar-refractivity contribution is 5.30. The Balaban J connectivity index is 1.65. The maximum absolute atomic E-state index is 10.4. The van der Waals surface area contributed by atoms with Crippen LogP contribution < -0.4 is 0 Å². The second kappa shape index (κ2) is 9.38. The molecule has 4 aliphatic rings. The van der Waals surface area contributed by atoms with Gasteiger partial charge in [0.15, 0.2) is 0 Å². The minimum atomic E-state index is -0.571. The molecule has 0 aromatic heterocycles. The summed E-state index contributed by atoms with van der Waals surface area (Å²) < 4.78 is 0. The molecule has 3 heteroatoms. The summed E-state index contributed by atoms with van der Waals surface area (Å²) in [7, 11) is 0. The van der Waals surface area contributed by atoms with Gasteiger partial charge in [-0.3, -0.25) is 0 Å². The van der Waals surface area contributed by atoms with Crippen molar-refractivity contribution in [3.63, 3.8) is 0 Å². The molecule has 3 saturated carbocycles. The summed E-state index contributed by atoms with van der Waals surface area (Å²) in [6.07, 6.45) is 13.8. The lowest BCUT2D eigenvalue weighted by Gasteiger charge is -2.60. The molecule has 3 nitrogen and oxygen atoms in total. The van der Waals surface area contributed by atoms with E-state index >= 15 is 0 Å². The average Bonchev–Trinajstić information content (AvgIpc) is 3.12. The monoisotopic (exact) mass is 450 g/mol. The smallest absolute Gasteiger partial charge is 0.139 e. The third-order valence-corrected chi connectivity index (χ3v) is 11.0. The van der Waals surface area contributed by atoms with Crippen LogP contribution in [0.5, 0.6) is 0 Å². The van der Waals surface area contributed by atoms with Crippen molar-refractivity contribution in [2.45, 2.75) is 105 Å². The van der Waals surface area contributed by atoms with Crippen LogP contribution in [0.15, 0.2) is 11.6 Å². The van der Waals surface area contributed by atoms with E-state index in [0.717, 1.165) is 37.0 Å². The van der Waals surface area contributed by atoms with Gasteiger partial charge in [-0.05, 0) is 91.3 Å². The Morgan fingerprint density at radius 2 is 1.73 bits per heavy atom. The molecule has 0 radical (unpaired) electrons. The highest BCUT2D eigenvalue weighted by atomic mass is 16.3. The second-order valence-electron chi connectivity index (χ2n) is 13.1.